The zero-order chi connectivity index (χ0) is 9.28. The molecule has 7 heteroatoms. The summed E-state index contributed by atoms with van der Waals surface area (Å²) < 4.78 is 57.1. The molecule has 0 saturated carbocycles. The van der Waals surface area contributed by atoms with Gasteiger partial charge in [0.2, 0.25) is 0 Å². The third-order valence-corrected chi connectivity index (χ3v) is 2.55. The van der Waals surface area contributed by atoms with Crippen LogP contribution in [-0.4, -0.2) is 12.1 Å². The van der Waals surface area contributed by atoms with Crippen LogP contribution in [0.1, 0.15) is 0 Å². The van der Waals surface area contributed by atoms with Crippen molar-refractivity contribution in [2.75, 3.05) is 0 Å². The molecule has 0 atom stereocenters. The van der Waals surface area contributed by atoms with E-state index >= 15 is 0 Å². The predicted molar refractivity (Wildman–Crippen MR) is 36.9 cm³/mol. The average molecular weight is 304 g/mol. The van der Waals surface area contributed by atoms with Gasteiger partial charge in [-0.2, -0.15) is 22.0 Å². The Balaban J connectivity index is 4.74. The lowest BCUT2D eigenvalue weighted by Crippen LogP contribution is -2.36. The number of alkyl halides is 5. The van der Waals surface area contributed by atoms with Crippen molar-refractivity contribution < 1.29 is 22.0 Å². The molecular weight excluding hydrogens is 303 g/mol. The summed E-state index contributed by atoms with van der Waals surface area (Å²) in [6, 6.07) is 0. The second-order valence-electron chi connectivity index (χ2n) is 1.53. The third kappa shape index (κ3) is 2.40. The standard InChI is InChI=1S/C4HBr2F5/c5-1-2(6)3(7,8)4(9,10)11/h1H/b2-1+. The first-order valence-electron chi connectivity index (χ1n) is 2.14. The lowest BCUT2D eigenvalue weighted by atomic mass is 10.3. The van der Waals surface area contributed by atoms with Gasteiger partial charge in [0.25, 0.3) is 0 Å². The summed E-state index contributed by atoms with van der Waals surface area (Å²) in [5.74, 6) is -4.82. The smallest absolute Gasteiger partial charge is 0.190 e. The van der Waals surface area contributed by atoms with Crippen LogP contribution >= 0.6 is 31.9 Å². The first kappa shape index (κ1) is 11.4. The van der Waals surface area contributed by atoms with Crippen molar-refractivity contribution >= 4 is 31.9 Å². The minimum Gasteiger partial charge on any atom is -0.190 e. The quantitative estimate of drug-likeness (QED) is 0.646. The molecule has 0 aromatic carbocycles. The number of rotatable bonds is 1. The lowest BCUT2D eigenvalue weighted by molar-refractivity contribution is -0.260. The molecule has 0 radical (unpaired) electrons. The van der Waals surface area contributed by atoms with Gasteiger partial charge in [-0.3, -0.25) is 0 Å². The summed E-state index contributed by atoms with van der Waals surface area (Å²) in [6.07, 6.45) is -5.56. The number of halogens is 7. The van der Waals surface area contributed by atoms with Gasteiger partial charge in [0.15, 0.2) is 0 Å². The molecule has 0 saturated heterocycles. The Morgan fingerprint density at radius 3 is 1.55 bits per heavy atom. The van der Waals surface area contributed by atoms with Crippen molar-refractivity contribution in [3.8, 4) is 0 Å². The Bertz CT molecular complexity index is 170. The Morgan fingerprint density at radius 2 is 1.45 bits per heavy atom. The van der Waals surface area contributed by atoms with Gasteiger partial charge in [0.05, 0.1) is 4.48 Å². The molecule has 0 nitrogen and oxygen atoms in total. The molecule has 0 amide bonds. The minimum absolute atomic E-state index is 0.473. The highest BCUT2D eigenvalue weighted by Crippen LogP contribution is 2.43. The molecule has 0 aromatic rings. The molecule has 0 rings (SSSR count). The Kier molecular flexibility index (Phi) is 3.49. The van der Waals surface area contributed by atoms with Crippen LogP contribution in [0.2, 0.25) is 0 Å². The van der Waals surface area contributed by atoms with E-state index in [1.165, 1.54) is 0 Å². The van der Waals surface area contributed by atoms with Crippen LogP contribution in [-0.2, 0) is 0 Å². The normalized spacial score (nSPS) is 15.4. The Morgan fingerprint density at radius 1 is 1.09 bits per heavy atom. The van der Waals surface area contributed by atoms with Gasteiger partial charge >= 0.3 is 12.1 Å². The van der Waals surface area contributed by atoms with E-state index in [1.54, 1.807) is 0 Å². The van der Waals surface area contributed by atoms with Gasteiger partial charge in [0, 0.05) is 0 Å². The summed E-state index contributed by atoms with van der Waals surface area (Å²) in [5, 5.41) is 0. The van der Waals surface area contributed by atoms with Gasteiger partial charge in [-0.25, -0.2) is 0 Å². The third-order valence-electron chi connectivity index (χ3n) is 0.752. The van der Waals surface area contributed by atoms with Gasteiger partial charge in [0.1, 0.15) is 0 Å². The predicted octanol–water partition coefficient (Wildman–Crippen LogP) is 3.82. The van der Waals surface area contributed by atoms with Gasteiger partial charge in [-0.15, -0.1) is 0 Å². The monoisotopic (exact) mass is 302 g/mol. The van der Waals surface area contributed by atoms with Crippen molar-refractivity contribution in [3.05, 3.63) is 9.47 Å². The highest BCUT2D eigenvalue weighted by Gasteiger charge is 2.59. The van der Waals surface area contributed by atoms with Crippen LogP contribution in [0.25, 0.3) is 0 Å². The van der Waals surface area contributed by atoms with E-state index in [9.17, 15) is 22.0 Å². The first-order chi connectivity index (χ1) is 4.73. The molecule has 0 aromatic heterocycles. The fourth-order valence-corrected chi connectivity index (χ4v) is 0.716. The molecule has 0 unspecified atom stereocenters. The maximum Gasteiger partial charge on any atom is 0.458 e. The number of hydrogen-bond donors (Lipinski definition) is 0. The highest BCUT2D eigenvalue weighted by atomic mass is 79.9. The van der Waals surface area contributed by atoms with E-state index in [0.29, 0.717) is 4.99 Å². The SMILES string of the molecule is FC(F)(F)C(F)(F)/C(Br)=C\Br. The van der Waals surface area contributed by atoms with Crippen LogP contribution in [0.5, 0.6) is 0 Å². The Labute approximate surface area is 75.7 Å². The van der Waals surface area contributed by atoms with Crippen molar-refractivity contribution in [1.29, 1.82) is 0 Å². The highest BCUT2D eigenvalue weighted by molar-refractivity contribution is 9.14. The van der Waals surface area contributed by atoms with Crippen LogP contribution < -0.4 is 0 Å². The minimum atomic E-state index is -5.56. The molecule has 0 spiro atoms. The second kappa shape index (κ2) is 3.38. The van der Waals surface area contributed by atoms with Crippen molar-refractivity contribution in [2.45, 2.75) is 12.1 Å². The van der Waals surface area contributed by atoms with Crippen molar-refractivity contribution in [2.24, 2.45) is 0 Å². The van der Waals surface area contributed by atoms with Crippen molar-refractivity contribution in [3.63, 3.8) is 0 Å². The molecule has 0 aliphatic rings. The summed E-state index contributed by atoms with van der Waals surface area (Å²) >= 11 is 4.43. The topological polar surface area (TPSA) is 0 Å². The summed E-state index contributed by atoms with van der Waals surface area (Å²) in [5.41, 5.74) is 0. The van der Waals surface area contributed by atoms with Crippen LogP contribution in [0.4, 0.5) is 22.0 Å². The summed E-state index contributed by atoms with van der Waals surface area (Å²) in [7, 11) is 0. The van der Waals surface area contributed by atoms with E-state index in [2.05, 4.69) is 31.9 Å². The molecule has 0 aliphatic heterocycles. The van der Waals surface area contributed by atoms with Crippen LogP contribution in [0, 0.1) is 0 Å². The van der Waals surface area contributed by atoms with Crippen molar-refractivity contribution in [1.82, 2.24) is 0 Å². The summed E-state index contributed by atoms with van der Waals surface area (Å²) in [6.45, 7) is 0. The van der Waals surface area contributed by atoms with E-state index in [4.69, 9.17) is 0 Å². The van der Waals surface area contributed by atoms with E-state index < -0.39 is 16.6 Å². The average Bonchev–Trinajstić information content (AvgIpc) is 1.83. The summed E-state index contributed by atoms with van der Waals surface area (Å²) in [4.78, 5) is 0.473. The molecule has 0 bridgehead atoms. The molecular formula is C4HBr2F5. The number of hydrogen-bond acceptors (Lipinski definition) is 0. The Hall–Kier alpha value is 0.350. The fourth-order valence-electron chi connectivity index (χ4n) is 0.204. The van der Waals surface area contributed by atoms with Gasteiger partial charge < -0.3 is 0 Å². The van der Waals surface area contributed by atoms with Gasteiger partial charge in [-0.05, 0) is 20.9 Å². The molecule has 0 heterocycles. The first-order valence-corrected chi connectivity index (χ1v) is 3.85. The van der Waals surface area contributed by atoms with E-state index in [-0.39, 0.29) is 0 Å². The molecule has 11 heavy (non-hydrogen) atoms. The number of allylic oxidation sites excluding steroid dienone is 1. The molecule has 0 N–H and O–H groups in total. The zero-order valence-electron chi connectivity index (χ0n) is 4.72. The maximum atomic E-state index is 12.1. The second-order valence-corrected chi connectivity index (χ2v) is 2.84. The molecule has 0 fully saturated rings. The molecule has 66 valence electrons. The maximum absolute atomic E-state index is 12.1. The van der Waals surface area contributed by atoms with E-state index in [1.807, 2.05) is 0 Å². The van der Waals surface area contributed by atoms with Crippen LogP contribution in [0.15, 0.2) is 9.47 Å². The lowest BCUT2D eigenvalue weighted by Gasteiger charge is -2.18. The fraction of sp³-hybridized carbons (Fsp3) is 0.500. The van der Waals surface area contributed by atoms with E-state index in [0.717, 1.165) is 0 Å². The molecule has 0 aliphatic carbocycles. The largest absolute Gasteiger partial charge is 0.458 e. The zero-order valence-corrected chi connectivity index (χ0v) is 7.90. The van der Waals surface area contributed by atoms with Crippen LogP contribution in [0.3, 0.4) is 0 Å². The van der Waals surface area contributed by atoms with Gasteiger partial charge in [-0.1, -0.05) is 15.9 Å².